The highest BCUT2D eigenvalue weighted by atomic mass is 32.2. The number of rotatable bonds is 5. The van der Waals surface area contributed by atoms with E-state index in [1.165, 1.54) is 0 Å². The van der Waals surface area contributed by atoms with Crippen molar-refractivity contribution in [2.24, 2.45) is 11.1 Å². The van der Waals surface area contributed by atoms with Crippen molar-refractivity contribution >= 4 is 10.2 Å². The summed E-state index contributed by atoms with van der Waals surface area (Å²) >= 11 is 0. The highest BCUT2D eigenvalue weighted by Gasteiger charge is 2.42. The lowest BCUT2D eigenvalue weighted by Crippen LogP contribution is -2.44. The van der Waals surface area contributed by atoms with Crippen LogP contribution in [0, 0.1) is 5.41 Å². The van der Waals surface area contributed by atoms with Crippen LogP contribution in [0.4, 0.5) is 0 Å². The van der Waals surface area contributed by atoms with Crippen molar-refractivity contribution in [3.05, 3.63) is 0 Å². The van der Waals surface area contributed by atoms with Gasteiger partial charge in [-0.05, 0) is 37.6 Å². The molecule has 1 saturated carbocycles. The Morgan fingerprint density at radius 3 is 2.18 bits per heavy atom. The van der Waals surface area contributed by atoms with Crippen LogP contribution in [0.15, 0.2) is 0 Å². The maximum atomic E-state index is 12.1. The first kappa shape index (κ1) is 13.3. The van der Waals surface area contributed by atoms with Gasteiger partial charge >= 0.3 is 0 Å². The summed E-state index contributed by atoms with van der Waals surface area (Å²) in [5.41, 5.74) is 5.71. The molecule has 0 unspecified atom stereocenters. The minimum absolute atomic E-state index is 0.0545. The zero-order chi connectivity index (χ0) is 12.4. The second kappa shape index (κ2) is 5.22. The first-order valence-electron chi connectivity index (χ1n) is 6.53. The Hall–Kier alpha value is -0.170. The van der Waals surface area contributed by atoms with Crippen molar-refractivity contribution < 1.29 is 8.42 Å². The van der Waals surface area contributed by atoms with E-state index in [9.17, 15) is 8.42 Å². The van der Waals surface area contributed by atoms with Gasteiger partial charge in [-0.15, -0.1) is 0 Å². The fourth-order valence-electron chi connectivity index (χ4n) is 2.25. The lowest BCUT2D eigenvalue weighted by Gasteiger charge is -2.22. The van der Waals surface area contributed by atoms with Gasteiger partial charge in [-0.2, -0.15) is 12.7 Å². The summed E-state index contributed by atoms with van der Waals surface area (Å²) in [7, 11) is -3.28. The third-order valence-corrected chi connectivity index (χ3v) is 5.48. The molecule has 0 radical (unpaired) electrons. The van der Waals surface area contributed by atoms with Gasteiger partial charge in [-0.25, -0.2) is 4.72 Å². The molecule has 0 spiro atoms. The van der Waals surface area contributed by atoms with E-state index in [1.54, 1.807) is 4.31 Å². The second-order valence-corrected chi connectivity index (χ2v) is 7.10. The molecule has 0 bridgehead atoms. The Bertz CT molecular complexity index is 344. The van der Waals surface area contributed by atoms with Crippen molar-refractivity contribution in [2.45, 2.75) is 38.5 Å². The maximum Gasteiger partial charge on any atom is 0.279 e. The molecule has 17 heavy (non-hydrogen) atoms. The first-order chi connectivity index (χ1) is 8.08. The fourth-order valence-corrected chi connectivity index (χ4v) is 3.66. The highest BCUT2D eigenvalue weighted by Crippen LogP contribution is 2.43. The smallest absolute Gasteiger partial charge is 0.279 e. The Morgan fingerprint density at radius 2 is 1.71 bits per heavy atom. The van der Waals surface area contributed by atoms with E-state index in [4.69, 9.17) is 5.73 Å². The van der Waals surface area contributed by atoms with Crippen LogP contribution in [-0.2, 0) is 10.2 Å². The van der Waals surface area contributed by atoms with E-state index in [2.05, 4.69) is 4.72 Å². The molecule has 1 aliphatic heterocycles. The Balaban J connectivity index is 1.88. The van der Waals surface area contributed by atoms with Crippen molar-refractivity contribution in [3.63, 3.8) is 0 Å². The van der Waals surface area contributed by atoms with Gasteiger partial charge in [0.1, 0.15) is 0 Å². The molecule has 0 aromatic rings. The van der Waals surface area contributed by atoms with Gasteiger partial charge in [0.2, 0.25) is 0 Å². The molecule has 0 aromatic carbocycles. The summed E-state index contributed by atoms with van der Waals surface area (Å²) in [5, 5.41) is 0. The molecule has 2 rings (SSSR count). The zero-order valence-electron chi connectivity index (χ0n) is 10.3. The predicted octanol–water partition coefficient (Wildman–Crippen LogP) is 0.436. The van der Waals surface area contributed by atoms with Crippen LogP contribution in [0.3, 0.4) is 0 Å². The van der Waals surface area contributed by atoms with E-state index in [0.29, 0.717) is 26.2 Å². The number of nitrogens with zero attached hydrogens (tertiary/aromatic N) is 1. The lowest BCUT2D eigenvalue weighted by atomic mass is 10.1. The number of hydrogen-bond acceptors (Lipinski definition) is 3. The summed E-state index contributed by atoms with van der Waals surface area (Å²) in [6.45, 7) is 2.40. The Kier molecular flexibility index (Phi) is 4.07. The van der Waals surface area contributed by atoms with Crippen LogP contribution in [0.2, 0.25) is 0 Å². The second-order valence-electron chi connectivity index (χ2n) is 5.34. The van der Waals surface area contributed by atoms with Crippen LogP contribution in [0.5, 0.6) is 0 Å². The summed E-state index contributed by atoms with van der Waals surface area (Å²) in [5.74, 6) is 0. The Morgan fingerprint density at radius 1 is 1.12 bits per heavy atom. The average Bonchev–Trinajstić information content (AvgIpc) is 3.12. The third-order valence-electron chi connectivity index (χ3n) is 3.92. The van der Waals surface area contributed by atoms with Crippen LogP contribution >= 0.6 is 0 Å². The standard InChI is InChI=1S/C11H23N3O2S/c12-9-11(5-6-11)10-13-17(15,16)14-7-3-1-2-4-8-14/h13H,1-10,12H2. The topological polar surface area (TPSA) is 75.4 Å². The van der Waals surface area contributed by atoms with E-state index >= 15 is 0 Å². The molecule has 3 N–H and O–H groups in total. The minimum atomic E-state index is -3.28. The normalized spacial score (nSPS) is 25.5. The van der Waals surface area contributed by atoms with Crippen LogP contribution < -0.4 is 10.5 Å². The molecule has 6 heteroatoms. The molecule has 2 aliphatic rings. The van der Waals surface area contributed by atoms with Crippen LogP contribution in [-0.4, -0.2) is 38.9 Å². The molecule has 0 aromatic heterocycles. The van der Waals surface area contributed by atoms with Gasteiger partial charge in [0.15, 0.2) is 0 Å². The molecular weight excluding hydrogens is 238 g/mol. The molecular formula is C11H23N3O2S. The van der Waals surface area contributed by atoms with E-state index in [-0.39, 0.29) is 5.41 Å². The summed E-state index contributed by atoms with van der Waals surface area (Å²) in [4.78, 5) is 0. The highest BCUT2D eigenvalue weighted by molar-refractivity contribution is 7.87. The third kappa shape index (κ3) is 3.40. The minimum Gasteiger partial charge on any atom is -0.330 e. The quantitative estimate of drug-likeness (QED) is 0.754. The van der Waals surface area contributed by atoms with Gasteiger partial charge < -0.3 is 5.73 Å². The molecule has 100 valence electrons. The van der Waals surface area contributed by atoms with E-state index in [1.807, 2.05) is 0 Å². The average molecular weight is 261 g/mol. The number of nitrogens with one attached hydrogen (secondary N) is 1. The molecule has 1 heterocycles. The Labute approximate surface area is 104 Å². The maximum absolute atomic E-state index is 12.1. The SMILES string of the molecule is NCC1(CNS(=O)(=O)N2CCCCCC2)CC1. The number of nitrogens with two attached hydrogens (primary N) is 1. The van der Waals surface area contributed by atoms with Gasteiger partial charge in [0, 0.05) is 19.6 Å². The van der Waals surface area contributed by atoms with E-state index in [0.717, 1.165) is 38.5 Å². The fraction of sp³-hybridized carbons (Fsp3) is 1.00. The molecule has 1 saturated heterocycles. The van der Waals surface area contributed by atoms with Crippen molar-refractivity contribution in [3.8, 4) is 0 Å². The van der Waals surface area contributed by atoms with Gasteiger partial charge in [-0.1, -0.05) is 12.8 Å². The largest absolute Gasteiger partial charge is 0.330 e. The van der Waals surface area contributed by atoms with Crippen molar-refractivity contribution in [2.75, 3.05) is 26.2 Å². The molecule has 0 amide bonds. The van der Waals surface area contributed by atoms with Crippen LogP contribution in [0.1, 0.15) is 38.5 Å². The monoisotopic (exact) mass is 261 g/mol. The van der Waals surface area contributed by atoms with Crippen LogP contribution in [0.25, 0.3) is 0 Å². The molecule has 5 nitrogen and oxygen atoms in total. The zero-order valence-corrected chi connectivity index (χ0v) is 11.1. The molecule has 1 aliphatic carbocycles. The van der Waals surface area contributed by atoms with Gasteiger partial charge in [0.05, 0.1) is 0 Å². The molecule has 2 fully saturated rings. The summed E-state index contributed by atoms with van der Waals surface area (Å²) < 4.78 is 28.5. The molecule has 0 atom stereocenters. The summed E-state index contributed by atoms with van der Waals surface area (Å²) in [6, 6.07) is 0. The summed E-state index contributed by atoms with van der Waals surface area (Å²) in [6.07, 6.45) is 6.32. The van der Waals surface area contributed by atoms with E-state index < -0.39 is 10.2 Å². The van der Waals surface area contributed by atoms with Crippen molar-refractivity contribution in [1.82, 2.24) is 9.03 Å². The van der Waals surface area contributed by atoms with Gasteiger partial charge in [-0.3, -0.25) is 0 Å². The number of hydrogen-bond donors (Lipinski definition) is 2. The predicted molar refractivity (Wildman–Crippen MR) is 67.7 cm³/mol. The lowest BCUT2D eigenvalue weighted by molar-refractivity contribution is 0.405. The van der Waals surface area contributed by atoms with Gasteiger partial charge in [0.25, 0.3) is 10.2 Å². The first-order valence-corrected chi connectivity index (χ1v) is 7.97. The van der Waals surface area contributed by atoms with Crippen molar-refractivity contribution in [1.29, 1.82) is 0 Å².